The van der Waals surface area contributed by atoms with Crippen molar-refractivity contribution in [1.29, 1.82) is 0 Å². The number of amides is 1. The Balaban J connectivity index is 2.17. The van der Waals surface area contributed by atoms with Gasteiger partial charge in [0.1, 0.15) is 23.7 Å². The van der Waals surface area contributed by atoms with Gasteiger partial charge in [0, 0.05) is 0 Å². The highest BCUT2D eigenvalue weighted by molar-refractivity contribution is 7.16. The van der Waals surface area contributed by atoms with Crippen LogP contribution in [-0.4, -0.2) is 23.6 Å². The Labute approximate surface area is 144 Å². The van der Waals surface area contributed by atoms with Crippen LogP contribution in [0.25, 0.3) is 10.2 Å². The second-order valence-electron chi connectivity index (χ2n) is 5.03. The van der Waals surface area contributed by atoms with E-state index >= 15 is 0 Å². The van der Waals surface area contributed by atoms with E-state index in [1.54, 1.807) is 24.3 Å². The van der Waals surface area contributed by atoms with Crippen LogP contribution < -0.4 is 4.80 Å². The third kappa shape index (κ3) is 3.34. The molecule has 2 aromatic carbocycles. The molecule has 1 amide bonds. The summed E-state index contributed by atoms with van der Waals surface area (Å²) in [6.45, 7) is -0.174. The van der Waals surface area contributed by atoms with Crippen molar-refractivity contribution in [3.8, 4) is 0 Å². The summed E-state index contributed by atoms with van der Waals surface area (Å²) in [7, 11) is 1.24. The normalized spacial score (nSPS) is 11.7. The average Bonchev–Trinajstić information content (AvgIpc) is 2.92. The molecule has 0 N–H and O–H groups in total. The number of esters is 1. The average molecular weight is 362 g/mol. The van der Waals surface area contributed by atoms with Crippen molar-refractivity contribution in [1.82, 2.24) is 4.57 Å². The van der Waals surface area contributed by atoms with E-state index in [9.17, 15) is 18.4 Å². The van der Waals surface area contributed by atoms with E-state index in [2.05, 4.69) is 9.73 Å². The van der Waals surface area contributed by atoms with Gasteiger partial charge in [-0.3, -0.25) is 9.59 Å². The number of carbonyl (C=O) groups excluding carboxylic acids is 2. The highest BCUT2D eigenvalue weighted by Crippen LogP contribution is 2.18. The lowest BCUT2D eigenvalue weighted by Gasteiger charge is -2.03. The Kier molecular flexibility index (Phi) is 4.71. The van der Waals surface area contributed by atoms with Crippen LogP contribution in [-0.2, 0) is 16.1 Å². The molecule has 128 valence electrons. The minimum Gasteiger partial charge on any atom is -0.468 e. The van der Waals surface area contributed by atoms with Crippen molar-refractivity contribution >= 4 is 33.4 Å². The summed E-state index contributed by atoms with van der Waals surface area (Å²) >= 11 is 1.13. The predicted octanol–water partition coefficient (Wildman–Crippen LogP) is 2.90. The number of rotatable bonds is 3. The van der Waals surface area contributed by atoms with Crippen molar-refractivity contribution in [2.24, 2.45) is 4.99 Å². The fourth-order valence-electron chi connectivity index (χ4n) is 2.30. The molecule has 0 fully saturated rings. The SMILES string of the molecule is COC(=O)Cn1c(=NC(=O)c2c(F)cccc2F)sc2ccccc21. The molecule has 0 radical (unpaired) electrons. The van der Waals surface area contributed by atoms with E-state index in [-0.39, 0.29) is 11.3 Å². The molecule has 8 heteroatoms. The number of carbonyl (C=O) groups is 2. The zero-order valence-electron chi connectivity index (χ0n) is 13.0. The van der Waals surface area contributed by atoms with Crippen LogP contribution >= 0.6 is 11.3 Å². The fraction of sp³-hybridized carbons (Fsp3) is 0.118. The molecule has 1 heterocycles. The molecule has 0 atom stereocenters. The van der Waals surface area contributed by atoms with Gasteiger partial charge < -0.3 is 9.30 Å². The number of thiazole rings is 1. The molecule has 0 unspecified atom stereocenters. The number of fused-ring (bicyclic) bond motifs is 1. The molecule has 0 bridgehead atoms. The first kappa shape index (κ1) is 17.0. The quantitative estimate of drug-likeness (QED) is 0.673. The zero-order valence-corrected chi connectivity index (χ0v) is 13.8. The molecule has 3 rings (SSSR count). The van der Waals surface area contributed by atoms with Gasteiger partial charge in [0.05, 0.1) is 17.3 Å². The van der Waals surface area contributed by atoms with Gasteiger partial charge >= 0.3 is 5.97 Å². The standard InChI is InChI=1S/C17H12F2N2O3S/c1-24-14(22)9-21-12-7-2-3-8-13(12)25-17(21)20-16(23)15-10(18)5-4-6-11(15)19/h2-8H,9H2,1H3. The molecule has 25 heavy (non-hydrogen) atoms. The van der Waals surface area contributed by atoms with Gasteiger partial charge in [0.15, 0.2) is 4.80 Å². The molecular weight excluding hydrogens is 350 g/mol. The number of nitrogens with zero attached hydrogens (tertiary/aromatic N) is 2. The monoisotopic (exact) mass is 362 g/mol. The summed E-state index contributed by atoms with van der Waals surface area (Å²) in [6, 6.07) is 10.2. The van der Waals surface area contributed by atoms with Crippen LogP contribution in [0.1, 0.15) is 10.4 Å². The van der Waals surface area contributed by atoms with Crippen LogP contribution in [0.15, 0.2) is 47.5 Å². The van der Waals surface area contributed by atoms with E-state index < -0.39 is 29.1 Å². The number of benzene rings is 2. The number of hydrogen-bond acceptors (Lipinski definition) is 4. The fourth-order valence-corrected chi connectivity index (χ4v) is 3.33. The molecule has 5 nitrogen and oxygen atoms in total. The number of methoxy groups -OCH3 is 1. The summed E-state index contributed by atoms with van der Waals surface area (Å²) in [4.78, 5) is 27.9. The topological polar surface area (TPSA) is 60.7 Å². The van der Waals surface area contributed by atoms with Crippen LogP contribution in [0.2, 0.25) is 0 Å². The molecule has 0 saturated heterocycles. The number of ether oxygens (including phenoxy) is 1. The van der Waals surface area contributed by atoms with Gasteiger partial charge in [-0.05, 0) is 24.3 Å². The van der Waals surface area contributed by atoms with E-state index in [1.807, 2.05) is 0 Å². The predicted molar refractivity (Wildman–Crippen MR) is 88.1 cm³/mol. The maximum absolute atomic E-state index is 13.8. The van der Waals surface area contributed by atoms with E-state index in [0.717, 1.165) is 34.2 Å². The summed E-state index contributed by atoms with van der Waals surface area (Å²) in [5.74, 6) is -3.57. The summed E-state index contributed by atoms with van der Waals surface area (Å²) < 4.78 is 34.4. The summed E-state index contributed by atoms with van der Waals surface area (Å²) in [5.41, 5.74) is -0.0666. The van der Waals surface area contributed by atoms with Crippen LogP contribution in [0.3, 0.4) is 0 Å². The minimum absolute atomic E-state index is 0.152. The van der Waals surface area contributed by atoms with Gasteiger partial charge in [0.25, 0.3) is 5.91 Å². The Morgan fingerprint density at radius 1 is 1.12 bits per heavy atom. The third-order valence-electron chi connectivity index (χ3n) is 3.48. The third-order valence-corrected chi connectivity index (χ3v) is 4.54. The lowest BCUT2D eigenvalue weighted by atomic mass is 10.2. The summed E-state index contributed by atoms with van der Waals surface area (Å²) in [6.07, 6.45) is 0. The van der Waals surface area contributed by atoms with E-state index in [4.69, 9.17) is 0 Å². The smallest absolute Gasteiger partial charge is 0.325 e. The second kappa shape index (κ2) is 6.94. The first-order valence-electron chi connectivity index (χ1n) is 7.19. The highest BCUT2D eigenvalue weighted by Gasteiger charge is 2.18. The van der Waals surface area contributed by atoms with Crippen molar-refractivity contribution in [2.75, 3.05) is 7.11 Å². The zero-order chi connectivity index (χ0) is 18.0. The Morgan fingerprint density at radius 3 is 2.48 bits per heavy atom. The molecule has 0 aliphatic heterocycles. The first-order valence-corrected chi connectivity index (χ1v) is 8.01. The van der Waals surface area contributed by atoms with Crippen molar-refractivity contribution < 1.29 is 23.1 Å². The van der Waals surface area contributed by atoms with Gasteiger partial charge in [-0.2, -0.15) is 4.99 Å². The Hall–Kier alpha value is -2.87. The summed E-state index contributed by atoms with van der Waals surface area (Å²) in [5, 5.41) is 0. The van der Waals surface area contributed by atoms with Crippen molar-refractivity contribution in [3.63, 3.8) is 0 Å². The van der Waals surface area contributed by atoms with E-state index in [1.165, 1.54) is 11.7 Å². The van der Waals surface area contributed by atoms with Gasteiger partial charge in [-0.15, -0.1) is 0 Å². The minimum atomic E-state index is -1.05. The lowest BCUT2D eigenvalue weighted by Crippen LogP contribution is -2.22. The lowest BCUT2D eigenvalue weighted by molar-refractivity contribution is -0.141. The van der Waals surface area contributed by atoms with Gasteiger partial charge in [0.2, 0.25) is 0 Å². The van der Waals surface area contributed by atoms with Gasteiger partial charge in [-0.1, -0.05) is 29.5 Å². The largest absolute Gasteiger partial charge is 0.468 e. The highest BCUT2D eigenvalue weighted by atomic mass is 32.1. The number of para-hydroxylation sites is 1. The number of hydrogen-bond donors (Lipinski definition) is 0. The first-order chi connectivity index (χ1) is 12.0. The van der Waals surface area contributed by atoms with Gasteiger partial charge in [-0.25, -0.2) is 8.78 Å². The van der Waals surface area contributed by atoms with Crippen LogP contribution in [0.5, 0.6) is 0 Å². The molecule has 0 spiro atoms. The maximum atomic E-state index is 13.8. The van der Waals surface area contributed by atoms with Crippen LogP contribution in [0.4, 0.5) is 8.78 Å². The van der Waals surface area contributed by atoms with Crippen LogP contribution in [0, 0.1) is 11.6 Å². The molecule has 3 aromatic rings. The molecular formula is C17H12F2N2O3S. The Bertz CT molecular complexity index is 1020. The maximum Gasteiger partial charge on any atom is 0.325 e. The molecule has 0 aliphatic rings. The molecule has 0 aliphatic carbocycles. The second-order valence-corrected chi connectivity index (χ2v) is 6.04. The molecule has 0 saturated carbocycles. The molecule has 1 aromatic heterocycles. The van der Waals surface area contributed by atoms with Crippen molar-refractivity contribution in [3.05, 3.63) is 64.5 Å². The Morgan fingerprint density at radius 2 is 1.80 bits per heavy atom. The number of aromatic nitrogens is 1. The number of halogens is 2. The van der Waals surface area contributed by atoms with Crippen molar-refractivity contribution in [2.45, 2.75) is 6.54 Å². The van der Waals surface area contributed by atoms with E-state index in [0.29, 0.717) is 5.52 Å².